The van der Waals surface area contributed by atoms with E-state index in [2.05, 4.69) is 16.8 Å². The molecule has 0 aliphatic heterocycles. The lowest BCUT2D eigenvalue weighted by atomic mass is 10.1. The van der Waals surface area contributed by atoms with Gasteiger partial charge in [0, 0.05) is 29.6 Å². The van der Waals surface area contributed by atoms with Gasteiger partial charge in [0.05, 0.1) is 15.7 Å². The van der Waals surface area contributed by atoms with E-state index in [0.717, 1.165) is 10.9 Å². The number of ketones is 1. The SMILES string of the molecule is C=CCn1c2ccccc2c2nnc(S[C@H](CC)C(=O)c3ccc([N+](=O)[O-])cc3)nc21. The second-order valence-electron chi connectivity index (χ2n) is 6.87. The van der Waals surface area contributed by atoms with Gasteiger partial charge in [-0.25, -0.2) is 4.98 Å². The number of hydrogen-bond acceptors (Lipinski definition) is 7. The van der Waals surface area contributed by atoms with Crippen molar-refractivity contribution in [3.05, 3.63) is 76.9 Å². The van der Waals surface area contributed by atoms with Gasteiger partial charge in [0.25, 0.3) is 5.69 Å². The third-order valence-electron chi connectivity index (χ3n) is 4.94. The number of benzene rings is 2. The van der Waals surface area contributed by atoms with Crippen molar-refractivity contribution in [1.29, 1.82) is 0 Å². The van der Waals surface area contributed by atoms with Crippen molar-refractivity contribution in [2.24, 2.45) is 0 Å². The maximum Gasteiger partial charge on any atom is 0.269 e. The summed E-state index contributed by atoms with van der Waals surface area (Å²) in [6, 6.07) is 13.5. The molecule has 9 heteroatoms. The second kappa shape index (κ2) is 8.65. The first-order valence-corrected chi connectivity index (χ1v) is 10.6. The molecule has 0 N–H and O–H groups in total. The number of fused-ring (bicyclic) bond motifs is 3. The molecule has 0 amide bonds. The van der Waals surface area contributed by atoms with Gasteiger partial charge in [0.2, 0.25) is 5.16 Å². The van der Waals surface area contributed by atoms with E-state index >= 15 is 0 Å². The summed E-state index contributed by atoms with van der Waals surface area (Å²) in [4.78, 5) is 28.0. The average molecular weight is 433 g/mol. The third-order valence-corrected chi connectivity index (χ3v) is 6.16. The molecule has 8 nitrogen and oxygen atoms in total. The van der Waals surface area contributed by atoms with Gasteiger partial charge in [-0.1, -0.05) is 43.0 Å². The molecule has 31 heavy (non-hydrogen) atoms. The summed E-state index contributed by atoms with van der Waals surface area (Å²) < 4.78 is 2.02. The number of hydrogen-bond donors (Lipinski definition) is 0. The standard InChI is InChI=1S/C22H19N5O3S/c1-3-13-26-17-8-6-5-7-16(17)19-21(26)23-22(25-24-19)31-18(4-2)20(28)14-9-11-15(12-10-14)27(29)30/h3,5-12,18H,1,4,13H2,2H3/t18-/m1/s1. The zero-order valence-corrected chi connectivity index (χ0v) is 17.6. The predicted octanol–water partition coefficient (Wildman–Crippen LogP) is 4.83. The minimum Gasteiger partial charge on any atom is -0.320 e. The van der Waals surface area contributed by atoms with Crippen LogP contribution in [0.2, 0.25) is 0 Å². The van der Waals surface area contributed by atoms with Crippen LogP contribution in [0.5, 0.6) is 0 Å². The molecule has 0 bridgehead atoms. The minimum absolute atomic E-state index is 0.0507. The van der Waals surface area contributed by atoms with E-state index in [4.69, 9.17) is 4.98 Å². The molecule has 156 valence electrons. The Kier molecular flexibility index (Phi) is 5.77. The van der Waals surface area contributed by atoms with Crippen molar-refractivity contribution in [3.63, 3.8) is 0 Å². The number of carbonyl (C=O) groups is 1. The Balaban J connectivity index is 1.66. The van der Waals surface area contributed by atoms with E-state index in [1.54, 1.807) is 6.08 Å². The number of nitro groups is 1. The lowest BCUT2D eigenvalue weighted by molar-refractivity contribution is -0.384. The first kappa shape index (κ1) is 20.7. The van der Waals surface area contributed by atoms with Crippen LogP contribution >= 0.6 is 11.8 Å². The highest BCUT2D eigenvalue weighted by Crippen LogP contribution is 2.30. The molecule has 4 aromatic rings. The van der Waals surface area contributed by atoms with Crippen LogP contribution in [-0.2, 0) is 6.54 Å². The number of thioether (sulfide) groups is 1. The summed E-state index contributed by atoms with van der Waals surface area (Å²) in [5.74, 6) is -0.127. The molecule has 0 unspecified atom stereocenters. The summed E-state index contributed by atoms with van der Waals surface area (Å²) in [5, 5.41) is 20.4. The molecule has 0 saturated carbocycles. The van der Waals surface area contributed by atoms with Crippen molar-refractivity contribution in [2.75, 3.05) is 0 Å². The maximum absolute atomic E-state index is 13.0. The fraction of sp³-hybridized carbons (Fsp3) is 0.182. The average Bonchev–Trinajstić information content (AvgIpc) is 3.10. The highest BCUT2D eigenvalue weighted by atomic mass is 32.2. The van der Waals surface area contributed by atoms with E-state index in [1.165, 1.54) is 36.0 Å². The molecular weight excluding hydrogens is 414 g/mol. The molecule has 2 aromatic carbocycles. The van der Waals surface area contributed by atoms with Crippen molar-refractivity contribution in [2.45, 2.75) is 30.3 Å². The van der Waals surface area contributed by atoms with E-state index in [9.17, 15) is 14.9 Å². The molecule has 0 aliphatic rings. The molecule has 0 aliphatic carbocycles. The van der Waals surface area contributed by atoms with Crippen molar-refractivity contribution in [3.8, 4) is 0 Å². The second-order valence-corrected chi connectivity index (χ2v) is 8.04. The van der Waals surface area contributed by atoms with Gasteiger partial charge < -0.3 is 4.57 Å². The molecule has 4 rings (SSSR count). The topological polar surface area (TPSA) is 104 Å². The van der Waals surface area contributed by atoms with E-state index in [0.29, 0.717) is 34.8 Å². The van der Waals surface area contributed by atoms with Crippen LogP contribution in [0.15, 0.2) is 66.3 Å². The van der Waals surface area contributed by atoms with E-state index in [1.807, 2.05) is 35.8 Å². The fourth-order valence-electron chi connectivity index (χ4n) is 3.44. The Labute approximate surface area is 182 Å². The van der Waals surface area contributed by atoms with Crippen molar-refractivity contribution < 1.29 is 9.72 Å². The van der Waals surface area contributed by atoms with E-state index < -0.39 is 10.2 Å². The van der Waals surface area contributed by atoms with Crippen LogP contribution in [-0.4, -0.2) is 35.7 Å². The molecule has 1 atom stereocenters. The number of nitro benzene ring substituents is 1. The number of non-ortho nitro benzene ring substituents is 1. The Morgan fingerprint density at radius 3 is 2.65 bits per heavy atom. The molecule has 0 radical (unpaired) electrons. The van der Waals surface area contributed by atoms with Gasteiger partial charge in [0.1, 0.15) is 5.52 Å². The van der Waals surface area contributed by atoms with Crippen molar-refractivity contribution >= 4 is 45.3 Å². The smallest absolute Gasteiger partial charge is 0.269 e. The zero-order valence-electron chi connectivity index (χ0n) is 16.8. The number of carbonyl (C=O) groups excluding carboxylic acids is 1. The van der Waals surface area contributed by atoms with Gasteiger partial charge in [0.15, 0.2) is 11.4 Å². The summed E-state index contributed by atoms with van der Waals surface area (Å²) in [5.41, 5.74) is 2.76. The van der Waals surface area contributed by atoms with Crippen LogP contribution in [0.4, 0.5) is 5.69 Å². The summed E-state index contributed by atoms with van der Waals surface area (Å²) in [6.07, 6.45) is 2.35. The van der Waals surface area contributed by atoms with Crippen LogP contribution < -0.4 is 0 Å². The first-order valence-electron chi connectivity index (χ1n) is 9.71. The Bertz CT molecular complexity index is 1300. The number of Topliss-reactive ketones (excluding diaryl/α,β-unsaturated/α-hetero) is 1. The predicted molar refractivity (Wildman–Crippen MR) is 120 cm³/mol. The minimum atomic E-state index is -0.489. The van der Waals surface area contributed by atoms with Gasteiger partial charge in [-0.2, -0.15) is 0 Å². The van der Waals surface area contributed by atoms with Crippen LogP contribution in [0.3, 0.4) is 0 Å². The van der Waals surface area contributed by atoms with Crippen LogP contribution in [0.25, 0.3) is 22.1 Å². The van der Waals surface area contributed by atoms with Gasteiger partial charge >= 0.3 is 0 Å². The largest absolute Gasteiger partial charge is 0.320 e. The molecule has 2 heterocycles. The molecule has 0 spiro atoms. The number of allylic oxidation sites excluding steroid dienone is 1. The molecule has 0 fully saturated rings. The summed E-state index contributed by atoms with van der Waals surface area (Å²) >= 11 is 1.25. The highest BCUT2D eigenvalue weighted by molar-refractivity contribution is 8.00. The van der Waals surface area contributed by atoms with Crippen LogP contribution in [0, 0.1) is 10.1 Å². The number of para-hydroxylation sites is 1. The maximum atomic E-state index is 13.0. The normalized spacial score (nSPS) is 12.2. The number of aromatic nitrogens is 4. The highest BCUT2D eigenvalue weighted by Gasteiger charge is 2.23. The van der Waals surface area contributed by atoms with Crippen molar-refractivity contribution in [1.82, 2.24) is 19.7 Å². The Morgan fingerprint density at radius 1 is 1.23 bits per heavy atom. The Morgan fingerprint density at radius 2 is 1.97 bits per heavy atom. The summed E-state index contributed by atoms with van der Waals surface area (Å²) in [7, 11) is 0. The molecule has 2 aromatic heterocycles. The Hall–Kier alpha value is -3.59. The first-order chi connectivity index (χ1) is 15.0. The van der Waals surface area contributed by atoms with Gasteiger partial charge in [-0.15, -0.1) is 16.8 Å². The fourth-order valence-corrected chi connectivity index (χ4v) is 4.33. The van der Waals surface area contributed by atoms with Crippen LogP contribution in [0.1, 0.15) is 23.7 Å². The zero-order chi connectivity index (χ0) is 22.0. The lowest BCUT2D eigenvalue weighted by Gasteiger charge is -2.12. The van der Waals surface area contributed by atoms with E-state index in [-0.39, 0.29) is 11.5 Å². The lowest BCUT2D eigenvalue weighted by Crippen LogP contribution is -2.17. The van der Waals surface area contributed by atoms with Gasteiger partial charge in [-0.3, -0.25) is 14.9 Å². The quantitative estimate of drug-likeness (QED) is 0.129. The third kappa shape index (κ3) is 3.91. The molecular formula is C22H19N5O3S. The monoisotopic (exact) mass is 433 g/mol. The van der Waals surface area contributed by atoms with Gasteiger partial charge in [-0.05, 0) is 24.6 Å². The molecule has 0 saturated heterocycles. The summed E-state index contributed by atoms with van der Waals surface area (Å²) in [6.45, 7) is 6.31. The number of rotatable bonds is 8. The number of nitrogens with zero attached hydrogens (tertiary/aromatic N) is 5.